The Morgan fingerprint density at radius 1 is 1.50 bits per heavy atom. The first kappa shape index (κ1) is 8.93. The van der Waals surface area contributed by atoms with E-state index in [0.29, 0.717) is 12.6 Å². The number of methoxy groups -OCH3 is 1. The Balaban J connectivity index is 2.48. The zero-order valence-corrected chi connectivity index (χ0v) is 7.32. The summed E-state index contributed by atoms with van der Waals surface area (Å²) in [6.45, 7) is 1.47. The number of hydrogen-bond donors (Lipinski definition) is 0. The van der Waals surface area contributed by atoms with Crippen LogP contribution < -0.4 is 4.90 Å². The summed E-state index contributed by atoms with van der Waals surface area (Å²) < 4.78 is 4.93. The van der Waals surface area contributed by atoms with Crippen molar-refractivity contribution in [3.63, 3.8) is 0 Å². The summed E-state index contributed by atoms with van der Waals surface area (Å²) in [5.74, 6) is 0.700. The molecule has 0 aliphatic rings. The maximum absolute atomic E-state index is 4.93. The number of nitrogens with zero attached hydrogens (tertiary/aromatic N) is 3. The number of anilines is 1. The van der Waals surface area contributed by atoms with Crippen LogP contribution in [-0.2, 0) is 4.74 Å². The van der Waals surface area contributed by atoms with E-state index in [1.165, 1.54) is 0 Å². The molecular formula is C8H12N3O. The van der Waals surface area contributed by atoms with Gasteiger partial charge in [-0.3, -0.25) is 0 Å². The van der Waals surface area contributed by atoms with Gasteiger partial charge in [-0.2, -0.15) is 0 Å². The zero-order valence-electron chi connectivity index (χ0n) is 7.32. The van der Waals surface area contributed by atoms with Crippen LogP contribution in [0.15, 0.2) is 12.4 Å². The number of aromatic nitrogens is 2. The van der Waals surface area contributed by atoms with Crippen molar-refractivity contribution in [2.24, 2.45) is 0 Å². The molecule has 0 N–H and O–H groups in total. The fourth-order valence-electron chi connectivity index (χ4n) is 0.782. The van der Waals surface area contributed by atoms with Gasteiger partial charge in [-0.05, 0) is 0 Å². The quantitative estimate of drug-likeness (QED) is 0.647. The lowest BCUT2D eigenvalue weighted by Gasteiger charge is -2.15. The van der Waals surface area contributed by atoms with Crippen molar-refractivity contribution in [2.45, 2.75) is 0 Å². The monoisotopic (exact) mass is 166 g/mol. The smallest absolute Gasteiger partial charge is 0.225 e. The third-order valence-electron chi connectivity index (χ3n) is 1.48. The van der Waals surface area contributed by atoms with Gasteiger partial charge in [0.15, 0.2) is 0 Å². The second-order valence-electron chi connectivity index (χ2n) is 2.40. The van der Waals surface area contributed by atoms with Crippen molar-refractivity contribution < 1.29 is 4.74 Å². The Hall–Kier alpha value is -1.16. The first-order valence-electron chi connectivity index (χ1n) is 3.72. The molecule has 0 aliphatic heterocycles. The molecule has 4 heteroatoms. The Labute approximate surface area is 72.2 Å². The van der Waals surface area contributed by atoms with Crippen LogP contribution in [0.5, 0.6) is 0 Å². The Bertz CT molecular complexity index is 215. The summed E-state index contributed by atoms with van der Waals surface area (Å²) in [7, 11) is 3.60. The molecule has 1 radical (unpaired) electrons. The largest absolute Gasteiger partial charge is 0.383 e. The molecular weight excluding hydrogens is 154 g/mol. The van der Waals surface area contributed by atoms with Crippen LogP contribution in [0.3, 0.4) is 0 Å². The van der Waals surface area contributed by atoms with E-state index in [0.717, 1.165) is 6.54 Å². The van der Waals surface area contributed by atoms with Gasteiger partial charge in [0.2, 0.25) is 5.95 Å². The number of hydrogen-bond acceptors (Lipinski definition) is 4. The summed E-state index contributed by atoms with van der Waals surface area (Å²) in [5.41, 5.74) is 0. The van der Waals surface area contributed by atoms with E-state index in [4.69, 9.17) is 4.74 Å². The molecule has 65 valence electrons. The molecule has 1 aromatic heterocycles. The Morgan fingerprint density at radius 3 is 2.75 bits per heavy atom. The Morgan fingerprint density at radius 2 is 2.17 bits per heavy atom. The molecule has 1 aromatic rings. The molecule has 0 fully saturated rings. The predicted molar refractivity (Wildman–Crippen MR) is 46.0 cm³/mol. The number of rotatable bonds is 4. The minimum absolute atomic E-state index is 0.679. The lowest BCUT2D eigenvalue weighted by Crippen LogP contribution is -2.23. The third-order valence-corrected chi connectivity index (χ3v) is 1.48. The molecule has 0 spiro atoms. The highest BCUT2D eigenvalue weighted by molar-refractivity contribution is 5.25. The van der Waals surface area contributed by atoms with Crippen molar-refractivity contribution in [3.05, 3.63) is 18.5 Å². The molecule has 0 atom stereocenters. The molecule has 0 saturated carbocycles. The van der Waals surface area contributed by atoms with Crippen LogP contribution >= 0.6 is 0 Å². The van der Waals surface area contributed by atoms with E-state index in [-0.39, 0.29) is 0 Å². The van der Waals surface area contributed by atoms with Gasteiger partial charge in [0.1, 0.15) is 0 Å². The standard InChI is InChI=1S/C8H12N3O/c1-11(6-7-12-2)8-9-4-3-5-10-8/h4-5H,6-7H2,1-2H3. The molecule has 1 rings (SSSR count). The van der Waals surface area contributed by atoms with Crippen molar-refractivity contribution >= 4 is 5.95 Å². The van der Waals surface area contributed by atoms with Crippen LogP contribution in [0.2, 0.25) is 0 Å². The fourth-order valence-corrected chi connectivity index (χ4v) is 0.782. The number of ether oxygens (including phenoxy) is 1. The summed E-state index contributed by atoms with van der Waals surface area (Å²) in [6, 6.07) is 2.76. The molecule has 12 heavy (non-hydrogen) atoms. The molecule has 0 bridgehead atoms. The highest BCUT2D eigenvalue weighted by Gasteiger charge is 2.00. The van der Waals surface area contributed by atoms with E-state index < -0.39 is 0 Å². The number of likely N-dealkylation sites (N-methyl/N-ethyl adjacent to an activating group) is 1. The van der Waals surface area contributed by atoms with Crippen LogP contribution in [-0.4, -0.2) is 37.3 Å². The summed E-state index contributed by atoms with van der Waals surface area (Å²) in [5, 5.41) is 0. The van der Waals surface area contributed by atoms with E-state index in [1.807, 2.05) is 11.9 Å². The summed E-state index contributed by atoms with van der Waals surface area (Å²) >= 11 is 0. The minimum atomic E-state index is 0.679. The van der Waals surface area contributed by atoms with Gasteiger partial charge < -0.3 is 9.64 Å². The van der Waals surface area contributed by atoms with Crippen molar-refractivity contribution in [1.29, 1.82) is 0 Å². The maximum Gasteiger partial charge on any atom is 0.225 e. The highest BCUT2D eigenvalue weighted by atomic mass is 16.5. The van der Waals surface area contributed by atoms with Gasteiger partial charge in [0.05, 0.1) is 6.61 Å². The van der Waals surface area contributed by atoms with Crippen LogP contribution in [0.1, 0.15) is 0 Å². The van der Waals surface area contributed by atoms with Crippen molar-refractivity contribution in [1.82, 2.24) is 9.97 Å². The lowest BCUT2D eigenvalue weighted by molar-refractivity contribution is 0.206. The average Bonchev–Trinajstić information content (AvgIpc) is 2.15. The van der Waals surface area contributed by atoms with Crippen LogP contribution in [0.25, 0.3) is 0 Å². The lowest BCUT2D eigenvalue weighted by atomic mass is 10.6. The summed E-state index contributed by atoms with van der Waals surface area (Å²) in [6.07, 6.45) is 3.21. The first-order valence-corrected chi connectivity index (χ1v) is 3.72. The molecule has 0 aliphatic carbocycles. The molecule has 0 amide bonds. The van der Waals surface area contributed by atoms with E-state index in [1.54, 1.807) is 19.5 Å². The van der Waals surface area contributed by atoms with Gasteiger partial charge in [-0.25, -0.2) is 9.97 Å². The van der Waals surface area contributed by atoms with Crippen molar-refractivity contribution in [2.75, 3.05) is 32.2 Å². The van der Waals surface area contributed by atoms with Crippen LogP contribution in [0, 0.1) is 6.07 Å². The second kappa shape index (κ2) is 4.66. The molecule has 0 saturated heterocycles. The van der Waals surface area contributed by atoms with Gasteiger partial charge in [-0.1, -0.05) is 0 Å². The van der Waals surface area contributed by atoms with Gasteiger partial charge in [-0.15, -0.1) is 0 Å². The second-order valence-corrected chi connectivity index (χ2v) is 2.40. The Kier molecular flexibility index (Phi) is 3.47. The van der Waals surface area contributed by atoms with Gasteiger partial charge in [0, 0.05) is 39.2 Å². The highest BCUT2D eigenvalue weighted by Crippen LogP contribution is 1.99. The minimum Gasteiger partial charge on any atom is -0.383 e. The van der Waals surface area contributed by atoms with E-state index >= 15 is 0 Å². The molecule has 0 aromatic carbocycles. The molecule has 4 nitrogen and oxygen atoms in total. The summed E-state index contributed by atoms with van der Waals surface area (Å²) in [4.78, 5) is 10.00. The first-order chi connectivity index (χ1) is 5.84. The topological polar surface area (TPSA) is 38.2 Å². The van der Waals surface area contributed by atoms with Crippen LogP contribution in [0.4, 0.5) is 5.95 Å². The average molecular weight is 166 g/mol. The maximum atomic E-state index is 4.93. The van der Waals surface area contributed by atoms with E-state index in [2.05, 4.69) is 16.0 Å². The van der Waals surface area contributed by atoms with Gasteiger partial charge >= 0.3 is 0 Å². The van der Waals surface area contributed by atoms with Gasteiger partial charge in [0.25, 0.3) is 0 Å². The normalized spacial score (nSPS) is 9.83. The molecule has 0 unspecified atom stereocenters. The third kappa shape index (κ3) is 2.47. The van der Waals surface area contributed by atoms with Crippen molar-refractivity contribution in [3.8, 4) is 0 Å². The fraction of sp³-hybridized carbons (Fsp3) is 0.500. The predicted octanol–water partition coefficient (Wildman–Crippen LogP) is 0.359. The molecule has 1 heterocycles. The zero-order chi connectivity index (χ0) is 8.81. The SMILES string of the molecule is COCCN(C)c1nc[c]cn1. The van der Waals surface area contributed by atoms with E-state index in [9.17, 15) is 0 Å².